The number of unbranched alkanes of at least 4 members (excludes halogenated alkanes) is 1. The highest BCUT2D eigenvalue weighted by Crippen LogP contribution is 2.08. The van der Waals surface area contributed by atoms with E-state index in [1.165, 1.54) is 5.56 Å². The second-order valence-electron chi connectivity index (χ2n) is 5.08. The summed E-state index contributed by atoms with van der Waals surface area (Å²) in [5, 5.41) is 0. The molecule has 0 saturated carbocycles. The molecule has 0 radical (unpaired) electrons. The average Bonchev–Trinajstić information content (AvgIpc) is 2.55. The summed E-state index contributed by atoms with van der Waals surface area (Å²) in [6.45, 7) is 4.33. The normalized spacial score (nSPS) is 16.2. The zero-order valence-electron chi connectivity index (χ0n) is 12.5. The van der Waals surface area contributed by atoms with Crippen molar-refractivity contribution >= 4 is 17.7 Å². The average molecular weight is 307 g/mol. The predicted molar refractivity (Wildman–Crippen MR) is 90.7 cm³/mol. The number of hydrogen-bond acceptors (Lipinski definition) is 3. The predicted octanol–water partition coefficient (Wildman–Crippen LogP) is 2.35. The molecule has 0 spiro atoms. The lowest BCUT2D eigenvalue weighted by atomic mass is 10.2. The van der Waals surface area contributed by atoms with E-state index in [1.54, 1.807) is 0 Å². The monoisotopic (exact) mass is 307 g/mol. The van der Waals surface area contributed by atoms with Crippen molar-refractivity contribution in [2.75, 3.05) is 37.7 Å². The van der Waals surface area contributed by atoms with Gasteiger partial charge in [-0.1, -0.05) is 30.3 Å². The van der Waals surface area contributed by atoms with Crippen molar-refractivity contribution in [1.29, 1.82) is 0 Å². The Morgan fingerprint density at radius 2 is 1.95 bits per heavy atom. The minimum atomic E-state index is 0.692. The van der Waals surface area contributed by atoms with Crippen LogP contribution in [0.15, 0.2) is 35.3 Å². The van der Waals surface area contributed by atoms with Gasteiger partial charge < -0.3 is 15.4 Å². The molecule has 1 saturated heterocycles. The molecule has 0 amide bonds. The van der Waals surface area contributed by atoms with Crippen molar-refractivity contribution in [2.45, 2.75) is 19.4 Å². The Bertz CT molecular complexity index is 419. The van der Waals surface area contributed by atoms with Crippen LogP contribution in [0, 0.1) is 0 Å². The molecule has 5 heteroatoms. The molecule has 4 nitrogen and oxygen atoms in total. The Labute approximate surface area is 131 Å². The van der Waals surface area contributed by atoms with Gasteiger partial charge >= 0.3 is 0 Å². The third kappa shape index (κ3) is 6.40. The van der Waals surface area contributed by atoms with Crippen molar-refractivity contribution < 1.29 is 4.74 Å². The SMILES string of the molecule is NC(=NCCCCOCc1ccccc1)N1CCSCC1. The van der Waals surface area contributed by atoms with Gasteiger partial charge in [-0.25, -0.2) is 0 Å². The number of benzene rings is 1. The summed E-state index contributed by atoms with van der Waals surface area (Å²) >= 11 is 1.98. The summed E-state index contributed by atoms with van der Waals surface area (Å²) in [6.07, 6.45) is 2.05. The van der Waals surface area contributed by atoms with Crippen molar-refractivity contribution in [2.24, 2.45) is 10.7 Å². The first-order valence-corrected chi connectivity index (χ1v) is 8.76. The minimum absolute atomic E-state index is 0.692. The fraction of sp³-hybridized carbons (Fsp3) is 0.562. The van der Waals surface area contributed by atoms with Crippen molar-refractivity contribution in [3.8, 4) is 0 Å². The largest absolute Gasteiger partial charge is 0.377 e. The third-order valence-electron chi connectivity index (χ3n) is 3.42. The Morgan fingerprint density at radius 3 is 2.71 bits per heavy atom. The second-order valence-corrected chi connectivity index (χ2v) is 6.31. The Hall–Kier alpha value is -1.20. The lowest BCUT2D eigenvalue weighted by Crippen LogP contribution is -2.42. The quantitative estimate of drug-likeness (QED) is 0.477. The van der Waals surface area contributed by atoms with Crippen LogP contribution >= 0.6 is 11.8 Å². The van der Waals surface area contributed by atoms with Gasteiger partial charge in [0.25, 0.3) is 0 Å². The Balaban J connectivity index is 1.51. The number of guanidine groups is 1. The van der Waals surface area contributed by atoms with Gasteiger partial charge in [0.05, 0.1) is 6.61 Å². The van der Waals surface area contributed by atoms with Crippen LogP contribution in [0.25, 0.3) is 0 Å². The summed E-state index contributed by atoms with van der Waals surface area (Å²) in [5.74, 6) is 3.02. The standard InChI is InChI=1S/C16H25N3OS/c17-16(19-9-12-21-13-10-19)18-8-4-5-11-20-14-15-6-2-1-3-7-15/h1-3,6-7H,4-5,8-14H2,(H2,17,18). The third-order valence-corrected chi connectivity index (χ3v) is 4.36. The van der Waals surface area contributed by atoms with Gasteiger partial charge in [0, 0.05) is 37.7 Å². The van der Waals surface area contributed by atoms with E-state index in [1.807, 2.05) is 30.0 Å². The maximum Gasteiger partial charge on any atom is 0.191 e. The van der Waals surface area contributed by atoms with Gasteiger partial charge in [0.1, 0.15) is 0 Å². The molecular weight excluding hydrogens is 282 g/mol. The molecule has 0 atom stereocenters. The number of aliphatic imine (C=N–C) groups is 1. The van der Waals surface area contributed by atoms with Crippen LogP contribution in [0.4, 0.5) is 0 Å². The number of ether oxygens (including phenoxy) is 1. The highest BCUT2D eigenvalue weighted by molar-refractivity contribution is 7.99. The molecule has 116 valence electrons. The fourth-order valence-electron chi connectivity index (χ4n) is 2.17. The van der Waals surface area contributed by atoms with Crippen LogP contribution in [0.2, 0.25) is 0 Å². The van der Waals surface area contributed by atoms with Crippen molar-refractivity contribution in [1.82, 2.24) is 4.90 Å². The van der Waals surface area contributed by atoms with Crippen molar-refractivity contribution in [3.63, 3.8) is 0 Å². The molecule has 1 aliphatic rings. The fourth-order valence-corrected chi connectivity index (χ4v) is 3.07. The molecule has 1 aromatic carbocycles. The van der Waals surface area contributed by atoms with E-state index < -0.39 is 0 Å². The second kappa shape index (κ2) is 9.68. The lowest BCUT2D eigenvalue weighted by molar-refractivity contribution is 0.117. The van der Waals surface area contributed by atoms with Gasteiger partial charge in [-0.15, -0.1) is 0 Å². The zero-order chi connectivity index (χ0) is 14.8. The minimum Gasteiger partial charge on any atom is -0.377 e. The molecule has 0 aliphatic carbocycles. The van der Waals surface area contributed by atoms with Gasteiger partial charge in [-0.2, -0.15) is 11.8 Å². The summed E-state index contributed by atoms with van der Waals surface area (Å²) in [7, 11) is 0. The summed E-state index contributed by atoms with van der Waals surface area (Å²) in [6, 6.07) is 10.3. The maximum atomic E-state index is 6.00. The Morgan fingerprint density at radius 1 is 1.19 bits per heavy atom. The van der Waals surface area contributed by atoms with Crippen molar-refractivity contribution in [3.05, 3.63) is 35.9 Å². The molecule has 1 heterocycles. The maximum absolute atomic E-state index is 6.00. The number of rotatable bonds is 7. The van der Waals surface area contributed by atoms with Crippen LogP contribution < -0.4 is 5.73 Å². The Kier molecular flexibility index (Phi) is 7.46. The number of nitrogens with zero attached hydrogens (tertiary/aromatic N) is 2. The van der Waals surface area contributed by atoms with Gasteiger partial charge in [0.15, 0.2) is 5.96 Å². The first-order chi connectivity index (χ1) is 10.4. The van der Waals surface area contributed by atoms with E-state index >= 15 is 0 Å². The molecular formula is C16H25N3OS. The summed E-state index contributed by atoms with van der Waals surface area (Å²) < 4.78 is 5.65. The topological polar surface area (TPSA) is 50.9 Å². The smallest absolute Gasteiger partial charge is 0.191 e. The van der Waals surface area contributed by atoms with Crippen LogP contribution in [0.3, 0.4) is 0 Å². The molecule has 0 aromatic heterocycles. The van der Waals surface area contributed by atoms with Crippen LogP contribution in [0.1, 0.15) is 18.4 Å². The first kappa shape index (κ1) is 16.2. The molecule has 2 N–H and O–H groups in total. The van der Waals surface area contributed by atoms with E-state index in [2.05, 4.69) is 22.0 Å². The highest BCUT2D eigenvalue weighted by Gasteiger charge is 2.11. The summed E-state index contributed by atoms with van der Waals surface area (Å²) in [4.78, 5) is 6.64. The first-order valence-electron chi connectivity index (χ1n) is 7.60. The number of nitrogens with two attached hydrogens (primary N) is 1. The molecule has 1 aromatic rings. The van der Waals surface area contributed by atoms with E-state index in [-0.39, 0.29) is 0 Å². The van der Waals surface area contributed by atoms with Gasteiger partial charge in [-0.3, -0.25) is 4.99 Å². The summed E-state index contributed by atoms with van der Waals surface area (Å²) in [5.41, 5.74) is 7.23. The lowest BCUT2D eigenvalue weighted by Gasteiger charge is -2.27. The van der Waals surface area contributed by atoms with Crippen LogP contribution in [-0.4, -0.2) is 48.6 Å². The highest BCUT2D eigenvalue weighted by atomic mass is 32.2. The molecule has 0 unspecified atom stereocenters. The molecule has 2 rings (SSSR count). The molecule has 1 aliphatic heterocycles. The van der Waals surface area contributed by atoms with E-state index in [4.69, 9.17) is 10.5 Å². The zero-order valence-corrected chi connectivity index (χ0v) is 13.4. The van der Waals surface area contributed by atoms with E-state index in [0.29, 0.717) is 12.6 Å². The van der Waals surface area contributed by atoms with E-state index in [0.717, 1.165) is 50.6 Å². The van der Waals surface area contributed by atoms with Gasteiger partial charge in [0.2, 0.25) is 0 Å². The molecule has 1 fully saturated rings. The van der Waals surface area contributed by atoms with E-state index in [9.17, 15) is 0 Å². The number of thioether (sulfide) groups is 1. The molecule has 0 bridgehead atoms. The molecule has 21 heavy (non-hydrogen) atoms. The van der Waals surface area contributed by atoms with Gasteiger partial charge in [-0.05, 0) is 18.4 Å². The van der Waals surface area contributed by atoms with Crippen LogP contribution in [0.5, 0.6) is 0 Å². The van der Waals surface area contributed by atoms with Crippen LogP contribution in [-0.2, 0) is 11.3 Å². The number of hydrogen-bond donors (Lipinski definition) is 1.